The Morgan fingerprint density at radius 1 is 1.14 bits per heavy atom. The molecule has 3 aromatic rings. The molecular formula is C20H21N7O. The normalized spacial score (nSPS) is 16.6. The lowest BCUT2D eigenvalue weighted by Gasteiger charge is -2.24. The fourth-order valence-electron chi connectivity index (χ4n) is 3.36. The Hall–Kier alpha value is -3.55. The number of carbonyl (C=O) groups excluding carboxylic acids is 1. The van der Waals surface area contributed by atoms with Crippen LogP contribution in [0.15, 0.2) is 55.1 Å². The van der Waals surface area contributed by atoms with E-state index in [1.54, 1.807) is 41.6 Å². The molecule has 8 heteroatoms. The van der Waals surface area contributed by atoms with Crippen molar-refractivity contribution in [2.75, 3.05) is 11.9 Å². The molecule has 1 saturated heterocycles. The summed E-state index contributed by atoms with van der Waals surface area (Å²) >= 11 is 0. The fraction of sp³-hybridized carbons (Fsp3) is 0.250. The summed E-state index contributed by atoms with van der Waals surface area (Å²) in [5.74, 6) is 1.27. The minimum absolute atomic E-state index is 0.0434. The van der Waals surface area contributed by atoms with Crippen LogP contribution in [-0.4, -0.2) is 42.1 Å². The van der Waals surface area contributed by atoms with Gasteiger partial charge in [0.1, 0.15) is 11.5 Å². The van der Waals surface area contributed by atoms with Crippen molar-refractivity contribution in [3.8, 4) is 0 Å². The lowest BCUT2D eigenvalue weighted by molar-refractivity contribution is -0.126. The van der Waals surface area contributed by atoms with Gasteiger partial charge in [-0.15, -0.1) is 0 Å². The molecule has 1 aliphatic heterocycles. The van der Waals surface area contributed by atoms with Crippen molar-refractivity contribution in [1.82, 2.24) is 29.6 Å². The van der Waals surface area contributed by atoms with Gasteiger partial charge in [0.25, 0.3) is 0 Å². The second-order valence-electron chi connectivity index (χ2n) is 6.53. The minimum atomic E-state index is -0.122. The number of aryl methyl sites for hydroxylation is 1. The second-order valence-corrected chi connectivity index (χ2v) is 6.53. The van der Waals surface area contributed by atoms with E-state index in [1.807, 2.05) is 36.2 Å². The predicted octanol–water partition coefficient (Wildman–Crippen LogP) is 2.73. The third-order valence-corrected chi connectivity index (χ3v) is 4.74. The molecule has 0 bridgehead atoms. The number of aromatic nitrogens is 5. The summed E-state index contributed by atoms with van der Waals surface area (Å²) in [6.07, 6.45) is 11.9. The van der Waals surface area contributed by atoms with Crippen molar-refractivity contribution in [3.05, 3.63) is 66.5 Å². The van der Waals surface area contributed by atoms with Gasteiger partial charge in [0.05, 0.1) is 11.7 Å². The summed E-state index contributed by atoms with van der Waals surface area (Å²) < 4.78 is 1.73. The largest absolute Gasteiger partial charge is 0.330 e. The molecule has 8 nitrogen and oxygen atoms in total. The average molecular weight is 375 g/mol. The molecule has 1 atom stereocenters. The second kappa shape index (κ2) is 7.99. The molecule has 1 unspecified atom stereocenters. The number of nitrogens with zero attached hydrogens (tertiary/aromatic N) is 6. The Bertz CT molecular complexity index is 983. The first kappa shape index (κ1) is 17.8. The Balaban J connectivity index is 1.56. The van der Waals surface area contributed by atoms with E-state index in [0.717, 1.165) is 24.2 Å². The third kappa shape index (κ3) is 3.75. The van der Waals surface area contributed by atoms with Gasteiger partial charge < -0.3 is 10.2 Å². The van der Waals surface area contributed by atoms with Crippen molar-refractivity contribution < 1.29 is 4.79 Å². The summed E-state index contributed by atoms with van der Waals surface area (Å²) in [6, 6.07) is 7.37. The number of nitrogens with one attached hydrogen (secondary N) is 1. The van der Waals surface area contributed by atoms with Crippen molar-refractivity contribution in [2.24, 2.45) is 7.05 Å². The molecule has 1 aliphatic rings. The minimum Gasteiger partial charge on any atom is -0.330 e. The smallest absolute Gasteiger partial charge is 0.247 e. The van der Waals surface area contributed by atoms with E-state index in [-0.39, 0.29) is 11.9 Å². The third-order valence-electron chi connectivity index (χ3n) is 4.74. The van der Waals surface area contributed by atoms with Gasteiger partial charge in [0.2, 0.25) is 5.91 Å². The first-order valence-electron chi connectivity index (χ1n) is 9.18. The molecule has 0 spiro atoms. The maximum absolute atomic E-state index is 12.8. The topological polar surface area (TPSA) is 88.8 Å². The first-order valence-corrected chi connectivity index (χ1v) is 9.18. The van der Waals surface area contributed by atoms with Crippen molar-refractivity contribution >= 4 is 23.6 Å². The number of likely N-dealkylation sites (tertiary alicyclic amines) is 1. The molecular weight excluding hydrogens is 354 g/mol. The molecule has 1 fully saturated rings. The van der Waals surface area contributed by atoms with Gasteiger partial charge >= 0.3 is 0 Å². The molecule has 0 radical (unpaired) electrons. The number of amides is 1. The Morgan fingerprint density at radius 3 is 2.82 bits per heavy atom. The maximum atomic E-state index is 12.8. The molecule has 4 heterocycles. The van der Waals surface area contributed by atoms with Crippen LogP contribution in [0.1, 0.15) is 30.3 Å². The number of hydrogen-bond acceptors (Lipinski definition) is 6. The van der Waals surface area contributed by atoms with Gasteiger partial charge in [0, 0.05) is 44.5 Å². The molecule has 1 N–H and O–H groups in total. The first-order chi connectivity index (χ1) is 13.7. The van der Waals surface area contributed by atoms with E-state index in [2.05, 4.69) is 25.4 Å². The zero-order chi connectivity index (χ0) is 19.3. The summed E-state index contributed by atoms with van der Waals surface area (Å²) in [5.41, 5.74) is 1.63. The van der Waals surface area contributed by atoms with Crippen LogP contribution in [0.2, 0.25) is 0 Å². The SMILES string of the molecule is Cn1nccc1/C=C/C(=O)N1CCCC1c1nccnc1Nc1ccccn1. The van der Waals surface area contributed by atoms with Crippen LogP contribution >= 0.6 is 0 Å². The highest BCUT2D eigenvalue weighted by Crippen LogP contribution is 2.34. The summed E-state index contributed by atoms with van der Waals surface area (Å²) in [5, 5.41) is 7.33. The highest BCUT2D eigenvalue weighted by Gasteiger charge is 2.32. The van der Waals surface area contributed by atoms with Crippen molar-refractivity contribution in [1.29, 1.82) is 0 Å². The van der Waals surface area contributed by atoms with Gasteiger partial charge in [-0.2, -0.15) is 5.10 Å². The van der Waals surface area contributed by atoms with Crippen LogP contribution in [0.25, 0.3) is 6.08 Å². The van der Waals surface area contributed by atoms with Gasteiger partial charge in [-0.25, -0.2) is 9.97 Å². The fourth-order valence-corrected chi connectivity index (χ4v) is 3.36. The standard InChI is InChI=1S/C20H21N7O/c1-26-15(9-11-24-26)7-8-18(28)27-14-4-5-16(27)19-20(23-13-12-22-19)25-17-6-2-3-10-21-17/h2-3,6-13,16H,4-5,14H2,1H3,(H,21,23,25)/b8-7+. The van der Waals surface area contributed by atoms with Crippen LogP contribution in [-0.2, 0) is 11.8 Å². The van der Waals surface area contributed by atoms with E-state index in [1.165, 1.54) is 0 Å². The monoisotopic (exact) mass is 375 g/mol. The average Bonchev–Trinajstić information content (AvgIpc) is 3.36. The van der Waals surface area contributed by atoms with E-state index >= 15 is 0 Å². The summed E-state index contributed by atoms with van der Waals surface area (Å²) in [6.45, 7) is 0.693. The molecule has 0 aromatic carbocycles. The highest BCUT2D eigenvalue weighted by molar-refractivity contribution is 5.92. The Labute approximate surface area is 163 Å². The van der Waals surface area contributed by atoms with Crippen molar-refractivity contribution in [2.45, 2.75) is 18.9 Å². The molecule has 3 aromatic heterocycles. The van der Waals surface area contributed by atoms with Gasteiger partial charge in [-0.1, -0.05) is 6.07 Å². The van der Waals surface area contributed by atoms with Crippen LogP contribution in [0.4, 0.5) is 11.6 Å². The Kier molecular flexibility index (Phi) is 5.09. The van der Waals surface area contributed by atoms with Crippen molar-refractivity contribution in [3.63, 3.8) is 0 Å². The van der Waals surface area contributed by atoms with Crippen LogP contribution in [0.5, 0.6) is 0 Å². The zero-order valence-electron chi connectivity index (χ0n) is 15.6. The van der Waals surface area contributed by atoms with E-state index in [4.69, 9.17) is 0 Å². The number of anilines is 2. The predicted molar refractivity (Wildman–Crippen MR) is 105 cm³/mol. The molecule has 28 heavy (non-hydrogen) atoms. The number of carbonyl (C=O) groups is 1. The molecule has 0 aliphatic carbocycles. The highest BCUT2D eigenvalue weighted by atomic mass is 16.2. The quantitative estimate of drug-likeness (QED) is 0.690. The van der Waals surface area contributed by atoms with E-state index < -0.39 is 0 Å². The van der Waals surface area contributed by atoms with Gasteiger partial charge in [0.15, 0.2) is 5.82 Å². The molecule has 1 amide bonds. The van der Waals surface area contributed by atoms with E-state index in [9.17, 15) is 4.79 Å². The summed E-state index contributed by atoms with van der Waals surface area (Å²) in [4.78, 5) is 27.9. The number of rotatable bonds is 5. The molecule has 0 saturated carbocycles. The lowest BCUT2D eigenvalue weighted by atomic mass is 10.1. The Morgan fingerprint density at radius 2 is 2.04 bits per heavy atom. The molecule has 4 rings (SSSR count). The van der Waals surface area contributed by atoms with Gasteiger partial charge in [-0.3, -0.25) is 14.5 Å². The lowest BCUT2D eigenvalue weighted by Crippen LogP contribution is -2.30. The van der Waals surface area contributed by atoms with Crippen LogP contribution in [0.3, 0.4) is 0 Å². The summed E-state index contributed by atoms with van der Waals surface area (Å²) in [7, 11) is 1.85. The number of hydrogen-bond donors (Lipinski definition) is 1. The van der Waals surface area contributed by atoms with Crippen LogP contribution < -0.4 is 5.32 Å². The maximum Gasteiger partial charge on any atom is 0.247 e. The zero-order valence-corrected chi connectivity index (χ0v) is 15.6. The molecule has 142 valence electrons. The number of pyridine rings is 1. The van der Waals surface area contributed by atoms with E-state index in [0.29, 0.717) is 18.2 Å². The van der Waals surface area contributed by atoms with Crippen LogP contribution in [0, 0.1) is 0 Å². The van der Waals surface area contributed by atoms with Gasteiger partial charge in [-0.05, 0) is 37.1 Å².